The smallest absolute Gasteiger partial charge is 0.0515 e. The summed E-state index contributed by atoms with van der Waals surface area (Å²) in [5.41, 5.74) is 10.6. The summed E-state index contributed by atoms with van der Waals surface area (Å²) < 4.78 is 0. The molecule has 6 rings (SSSR count). The minimum Gasteiger partial charge on any atom is -0.0663 e. The van der Waals surface area contributed by atoms with Gasteiger partial charge in [0.1, 0.15) is 0 Å². The number of allylic oxidation sites excluding steroid dienone is 10. The van der Waals surface area contributed by atoms with Crippen molar-refractivity contribution in [3.8, 4) is 0 Å². The van der Waals surface area contributed by atoms with E-state index >= 15 is 0 Å². The molecule has 0 saturated carbocycles. The third-order valence-electron chi connectivity index (χ3n) is 5.74. The zero-order valence-electron chi connectivity index (χ0n) is 13.7. The Morgan fingerprint density at radius 1 is 0.680 bits per heavy atom. The van der Waals surface area contributed by atoms with Crippen molar-refractivity contribution in [1.29, 1.82) is 0 Å². The van der Waals surface area contributed by atoms with Gasteiger partial charge in [0.05, 0.1) is 5.41 Å². The molecule has 0 heterocycles. The van der Waals surface area contributed by atoms with Gasteiger partial charge >= 0.3 is 0 Å². The van der Waals surface area contributed by atoms with Crippen LogP contribution in [0.1, 0.15) is 22.3 Å². The van der Waals surface area contributed by atoms with Gasteiger partial charge in [-0.15, -0.1) is 0 Å². The van der Waals surface area contributed by atoms with Crippen LogP contribution in [0.4, 0.5) is 0 Å². The molecular weight excluding hydrogens is 300 g/mol. The summed E-state index contributed by atoms with van der Waals surface area (Å²) >= 11 is 0. The molecule has 0 nitrogen and oxygen atoms in total. The first kappa shape index (κ1) is 13.2. The van der Waals surface area contributed by atoms with Gasteiger partial charge in [-0.2, -0.15) is 0 Å². The summed E-state index contributed by atoms with van der Waals surface area (Å²) in [5, 5.41) is 0. The van der Waals surface area contributed by atoms with E-state index in [0.29, 0.717) is 0 Å². The molecule has 2 aromatic carbocycles. The normalized spacial score (nSPS) is 24.0. The minimum absolute atomic E-state index is 0.146. The van der Waals surface area contributed by atoms with Gasteiger partial charge < -0.3 is 0 Å². The van der Waals surface area contributed by atoms with E-state index in [1.54, 1.807) is 0 Å². The second kappa shape index (κ2) is 4.49. The molecule has 0 saturated heterocycles. The molecule has 0 aromatic heterocycles. The summed E-state index contributed by atoms with van der Waals surface area (Å²) in [5.74, 6) is 0. The van der Waals surface area contributed by atoms with Crippen LogP contribution in [0.2, 0.25) is 0 Å². The molecule has 116 valence electrons. The third-order valence-corrected chi connectivity index (χ3v) is 5.74. The van der Waals surface area contributed by atoms with Gasteiger partial charge in [0.25, 0.3) is 0 Å². The first-order valence-corrected chi connectivity index (χ1v) is 8.79. The fourth-order valence-corrected chi connectivity index (χ4v) is 4.53. The predicted molar refractivity (Wildman–Crippen MR) is 106 cm³/mol. The maximum atomic E-state index is 2.45. The van der Waals surface area contributed by atoms with Gasteiger partial charge in [-0.1, -0.05) is 85.0 Å². The predicted octanol–water partition coefficient (Wildman–Crippen LogP) is 6.07. The van der Waals surface area contributed by atoms with Crippen LogP contribution in [0.25, 0.3) is 23.3 Å². The Balaban J connectivity index is 1.56. The van der Waals surface area contributed by atoms with Crippen LogP contribution < -0.4 is 0 Å². The van der Waals surface area contributed by atoms with E-state index in [1.807, 2.05) is 0 Å². The lowest BCUT2D eigenvalue weighted by molar-refractivity contribution is 0.781. The van der Waals surface area contributed by atoms with E-state index in [2.05, 4.69) is 97.1 Å². The summed E-state index contributed by atoms with van der Waals surface area (Å²) in [6, 6.07) is 17.4. The van der Waals surface area contributed by atoms with Crippen LogP contribution in [-0.2, 0) is 0 Å². The van der Waals surface area contributed by atoms with E-state index < -0.39 is 0 Å². The lowest BCUT2D eigenvalue weighted by atomic mass is 9.70. The van der Waals surface area contributed by atoms with E-state index in [4.69, 9.17) is 0 Å². The monoisotopic (exact) mass is 316 g/mol. The van der Waals surface area contributed by atoms with Gasteiger partial charge in [-0.25, -0.2) is 0 Å². The zero-order valence-corrected chi connectivity index (χ0v) is 13.7. The molecule has 4 aliphatic rings. The van der Waals surface area contributed by atoms with Crippen molar-refractivity contribution in [1.82, 2.24) is 0 Å². The van der Waals surface area contributed by atoms with Gasteiger partial charge in [0.15, 0.2) is 0 Å². The van der Waals surface area contributed by atoms with Crippen molar-refractivity contribution >= 4 is 23.3 Å². The Bertz CT molecular complexity index is 1130. The van der Waals surface area contributed by atoms with Crippen LogP contribution in [0.15, 0.2) is 96.1 Å². The quantitative estimate of drug-likeness (QED) is 0.553. The number of hydrogen-bond donors (Lipinski definition) is 0. The fourth-order valence-electron chi connectivity index (χ4n) is 4.53. The molecule has 1 spiro atoms. The highest BCUT2D eigenvalue weighted by Crippen LogP contribution is 2.53. The molecule has 0 N–H and O–H groups in total. The van der Waals surface area contributed by atoms with Crippen molar-refractivity contribution in [2.75, 3.05) is 0 Å². The maximum absolute atomic E-state index is 2.45. The van der Waals surface area contributed by atoms with Crippen LogP contribution in [0.3, 0.4) is 0 Å². The second-order valence-electron chi connectivity index (χ2n) is 7.10. The van der Waals surface area contributed by atoms with E-state index in [1.165, 1.54) is 44.5 Å². The standard InChI is InChI=1S/C25H16/c1-4-9-21-17(6-1)14-19-11-13-25(16-23(19)21)12-5-10-22-20-8-3-2-7-18(20)15-24(22)25/h1-16H. The number of fused-ring (bicyclic) bond motifs is 7. The maximum Gasteiger partial charge on any atom is 0.0515 e. The van der Waals surface area contributed by atoms with Gasteiger partial charge in [-0.3, -0.25) is 0 Å². The van der Waals surface area contributed by atoms with E-state index in [-0.39, 0.29) is 5.41 Å². The van der Waals surface area contributed by atoms with Gasteiger partial charge in [0, 0.05) is 0 Å². The Hall–Kier alpha value is -3.12. The average molecular weight is 316 g/mol. The molecule has 0 fully saturated rings. The van der Waals surface area contributed by atoms with Crippen molar-refractivity contribution in [2.24, 2.45) is 5.41 Å². The molecule has 1 atom stereocenters. The SMILES string of the molecule is C1=CC2(C=CC3=Cc4ccccc4C3=C2)C2=Cc3ccccc3C2=C1. The molecule has 1 unspecified atom stereocenters. The van der Waals surface area contributed by atoms with Crippen molar-refractivity contribution in [2.45, 2.75) is 0 Å². The Morgan fingerprint density at radius 3 is 2.24 bits per heavy atom. The largest absolute Gasteiger partial charge is 0.0663 e. The van der Waals surface area contributed by atoms with Gasteiger partial charge in [0.2, 0.25) is 0 Å². The molecule has 4 aliphatic carbocycles. The average Bonchev–Trinajstić information content (AvgIpc) is 3.21. The topological polar surface area (TPSA) is 0 Å². The van der Waals surface area contributed by atoms with Crippen LogP contribution in [0.5, 0.6) is 0 Å². The summed E-state index contributed by atoms with van der Waals surface area (Å²) in [4.78, 5) is 0. The van der Waals surface area contributed by atoms with Crippen LogP contribution in [-0.4, -0.2) is 0 Å². The molecule has 0 amide bonds. The van der Waals surface area contributed by atoms with Crippen molar-refractivity contribution < 1.29 is 0 Å². The van der Waals surface area contributed by atoms with Gasteiger partial charge in [-0.05, 0) is 56.7 Å². The number of benzene rings is 2. The first-order valence-electron chi connectivity index (χ1n) is 8.79. The van der Waals surface area contributed by atoms with E-state index in [0.717, 1.165) is 0 Å². The van der Waals surface area contributed by atoms with Crippen molar-refractivity contribution in [3.05, 3.63) is 118 Å². The Kier molecular flexibility index (Phi) is 2.37. The molecule has 0 radical (unpaired) electrons. The number of rotatable bonds is 0. The summed E-state index contributed by atoms with van der Waals surface area (Å²) in [6.45, 7) is 0. The minimum atomic E-state index is -0.146. The third kappa shape index (κ3) is 1.66. The zero-order chi connectivity index (χ0) is 16.4. The molecular formula is C25H16. The lowest BCUT2D eigenvalue weighted by Crippen LogP contribution is -2.20. The highest BCUT2D eigenvalue weighted by atomic mass is 14.4. The summed E-state index contributed by atoms with van der Waals surface area (Å²) in [6.07, 6.45) is 18.6. The van der Waals surface area contributed by atoms with Crippen LogP contribution >= 0.6 is 0 Å². The first-order chi connectivity index (χ1) is 12.3. The van der Waals surface area contributed by atoms with Crippen molar-refractivity contribution in [3.63, 3.8) is 0 Å². The lowest BCUT2D eigenvalue weighted by Gasteiger charge is -2.33. The number of hydrogen-bond acceptors (Lipinski definition) is 0. The summed E-state index contributed by atoms with van der Waals surface area (Å²) in [7, 11) is 0. The highest BCUT2D eigenvalue weighted by Gasteiger charge is 2.38. The molecule has 0 bridgehead atoms. The molecule has 2 aromatic rings. The van der Waals surface area contributed by atoms with Crippen LogP contribution in [0, 0.1) is 5.41 Å². The van der Waals surface area contributed by atoms with E-state index in [9.17, 15) is 0 Å². The second-order valence-corrected chi connectivity index (χ2v) is 7.10. The highest BCUT2D eigenvalue weighted by molar-refractivity contribution is 6.02. The fraction of sp³-hybridized carbons (Fsp3) is 0.0400. The molecule has 25 heavy (non-hydrogen) atoms. The molecule has 0 aliphatic heterocycles. The Morgan fingerprint density at radius 2 is 1.40 bits per heavy atom. The Labute approximate surface area is 147 Å². The molecule has 0 heteroatoms.